The van der Waals surface area contributed by atoms with Crippen LogP contribution in [-0.4, -0.2) is 43.5 Å². The van der Waals surface area contributed by atoms with Crippen molar-refractivity contribution in [2.45, 2.75) is 33.1 Å². The number of rotatable bonds is 7. The van der Waals surface area contributed by atoms with Crippen LogP contribution in [0.4, 0.5) is 5.69 Å². The van der Waals surface area contributed by atoms with Gasteiger partial charge in [-0.05, 0) is 67.1 Å². The number of imide groups is 1. The molecule has 0 spiro atoms. The molecule has 6 heteroatoms. The smallest absolute Gasteiger partial charge is 0.282 e. The van der Waals surface area contributed by atoms with Gasteiger partial charge in [0, 0.05) is 13.1 Å². The minimum atomic E-state index is -0.295. The van der Waals surface area contributed by atoms with Crippen molar-refractivity contribution in [1.29, 1.82) is 0 Å². The summed E-state index contributed by atoms with van der Waals surface area (Å²) in [6.45, 7) is 6.47. The summed E-state index contributed by atoms with van der Waals surface area (Å²) in [4.78, 5) is 30.6. The highest BCUT2D eigenvalue weighted by molar-refractivity contribution is 6.45. The van der Waals surface area contributed by atoms with E-state index in [1.807, 2.05) is 24.3 Å². The standard InChI is InChI=1S/C26H30N2O4/c1-4-17-32-22-9-5-19(6-10-22)23-24(27-15-13-18(2)14-16-27)26(30)28(25(23)29)20-7-11-21(31-3)12-8-20/h5-12,18H,4,13-17H2,1-3H3. The van der Waals surface area contributed by atoms with E-state index < -0.39 is 0 Å². The van der Waals surface area contributed by atoms with Crippen molar-refractivity contribution >= 4 is 23.1 Å². The molecule has 0 atom stereocenters. The van der Waals surface area contributed by atoms with Gasteiger partial charge in [-0.15, -0.1) is 0 Å². The fraction of sp³-hybridized carbons (Fsp3) is 0.385. The Balaban J connectivity index is 1.72. The van der Waals surface area contributed by atoms with Crippen LogP contribution in [-0.2, 0) is 9.59 Å². The van der Waals surface area contributed by atoms with Gasteiger partial charge in [-0.3, -0.25) is 9.59 Å². The molecule has 2 amide bonds. The Morgan fingerprint density at radius 3 is 2.12 bits per heavy atom. The molecule has 6 nitrogen and oxygen atoms in total. The maximum absolute atomic E-state index is 13.6. The van der Waals surface area contributed by atoms with Crippen LogP contribution in [0.25, 0.3) is 5.57 Å². The van der Waals surface area contributed by atoms with E-state index in [9.17, 15) is 9.59 Å². The second kappa shape index (κ2) is 9.47. The summed E-state index contributed by atoms with van der Waals surface area (Å²) >= 11 is 0. The third-order valence-electron chi connectivity index (χ3n) is 6.11. The van der Waals surface area contributed by atoms with Gasteiger partial charge in [0.15, 0.2) is 0 Å². The minimum absolute atomic E-state index is 0.268. The Morgan fingerprint density at radius 2 is 1.53 bits per heavy atom. The van der Waals surface area contributed by atoms with Crippen LogP contribution in [0, 0.1) is 5.92 Å². The topological polar surface area (TPSA) is 59.1 Å². The van der Waals surface area contributed by atoms with Crippen molar-refractivity contribution in [3.8, 4) is 11.5 Å². The molecule has 168 valence electrons. The number of hydrogen-bond donors (Lipinski definition) is 0. The van der Waals surface area contributed by atoms with Crippen molar-refractivity contribution in [2.24, 2.45) is 5.92 Å². The highest BCUT2D eigenvalue weighted by atomic mass is 16.5. The Morgan fingerprint density at radius 1 is 0.906 bits per heavy atom. The van der Waals surface area contributed by atoms with Gasteiger partial charge in [-0.1, -0.05) is 26.0 Å². The Labute approximate surface area is 189 Å². The van der Waals surface area contributed by atoms with E-state index in [4.69, 9.17) is 9.47 Å². The quantitative estimate of drug-likeness (QED) is 0.601. The molecule has 2 aromatic carbocycles. The number of amides is 2. The third-order valence-corrected chi connectivity index (χ3v) is 6.11. The van der Waals surface area contributed by atoms with Gasteiger partial charge >= 0.3 is 0 Å². The van der Waals surface area contributed by atoms with Crippen LogP contribution < -0.4 is 14.4 Å². The lowest BCUT2D eigenvalue weighted by Crippen LogP contribution is -2.38. The predicted molar refractivity (Wildman–Crippen MR) is 125 cm³/mol. The second-order valence-electron chi connectivity index (χ2n) is 8.41. The lowest BCUT2D eigenvalue weighted by molar-refractivity contribution is -0.120. The average Bonchev–Trinajstić information content (AvgIpc) is 3.08. The van der Waals surface area contributed by atoms with Crippen molar-refractivity contribution in [1.82, 2.24) is 4.90 Å². The fourth-order valence-electron chi connectivity index (χ4n) is 4.21. The molecule has 2 aliphatic rings. The number of ether oxygens (including phenoxy) is 2. The van der Waals surface area contributed by atoms with Gasteiger partial charge in [0.25, 0.3) is 11.8 Å². The molecule has 0 aromatic heterocycles. The molecular weight excluding hydrogens is 404 g/mol. The normalized spacial score (nSPS) is 17.3. The van der Waals surface area contributed by atoms with Crippen LogP contribution in [0.15, 0.2) is 54.2 Å². The fourth-order valence-corrected chi connectivity index (χ4v) is 4.21. The number of hydrogen-bond acceptors (Lipinski definition) is 5. The predicted octanol–water partition coefficient (Wildman–Crippen LogP) is 4.50. The molecular formula is C26H30N2O4. The van der Waals surface area contributed by atoms with E-state index in [-0.39, 0.29) is 11.8 Å². The van der Waals surface area contributed by atoms with Crippen molar-refractivity contribution in [3.63, 3.8) is 0 Å². The molecule has 2 aliphatic heterocycles. The van der Waals surface area contributed by atoms with Crippen LogP contribution >= 0.6 is 0 Å². The van der Waals surface area contributed by atoms with Crippen molar-refractivity contribution in [3.05, 3.63) is 59.8 Å². The number of nitrogens with zero attached hydrogens (tertiary/aromatic N) is 2. The van der Waals surface area contributed by atoms with Gasteiger partial charge in [-0.2, -0.15) is 0 Å². The Kier molecular flexibility index (Phi) is 6.49. The summed E-state index contributed by atoms with van der Waals surface area (Å²) in [5.74, 6) is 1.49. The number of benzene rings is 2. The Hall–Kier alpha value is -3.28. The van der Waals surface area contributed by atoms with E-state index in [1.165, 1.54) is 4.90 Å². The first-order valence-electron chi connectivity index (χ1n) is 11.3. The highest BCUT2D eigenvalue weighted by Crippen LogP contribution is 2.37. The van der Waals surface area contributed by atoms with Gasteiger partial charge in [0.1, 0.15) is 17.2 Å². The monoisotopic (exact) mass is 434 g/mol. The summed E-state index contributed by atoms with van der Waals surface area (Å²) in [6.07, 6.45) is 2.93. The molecule has 4 rings (SSSR count). The molecule has 1 saturated heterocycles. The molecule has 0 radical (unpaired) electrons. The number of likely N-dealkylation sites (tertiary alicyclic amines) is 1. The van der Waals surface area contributed by atoms with Gasteiger partial charge in [0.2, 0.25) is 0 Å². The maximum atomic E-state index is 13.6. The molecule has 0 bridgehead atoms. The Bertz CT molecular complexity index is 1000. The molecule has 32 heavy (non-hydrogen) atoms. The van der Waals surface area contributed by atoms with Crippen molar-refractivity contribution < 1.29 is 19.1 Å². The zero-order valence-electron chi connectivity index (χ0n) is 19.0. The number of methoxy groups -OCH3 is 1. The average molecular weight is 435 g/mol. The number of anilines is 1. The maximum Gasteiger partial charge on any atom is 0.282 e. The molecule has 0 saturated carbocycles. The molecule has 0 N–H and O–H groups in total. The molecule has 2 heterocycles. The van der Waals surface area contributed by atoms with Crippen LogP contribution in [0.3, 0.4) is 0 Å². The summed E-state index contributed by atoms with van der Waals surface area (Å²) in [7, 11) is 1.59. The summed E-state index contributed by atoms with van der Waals surface area (Å²) in [5, 5.41) is 0. The SMILES string of the molecule is CCCOc1ccc(C2=C(N3CCC(C)CC3)C(=O)N(c3ccc(OC)cc3)C2=O)cc1. The molecule has 0 aliphatic carbocycles. The summed E-state index contributed by atoms with van der Waals surface area (Å²) < 4.78 is 10.9. The third kappa shape index (κ3) is 4.22. The lowest BCUT2D eigenvalue weighted by Gasteiger charge is -2.32. The first kappa shape index (κ1) is 21.9. The van der Waals surface area contributed by atoms with E-state index in [0.29, 0.717) is 35.2 Å². The van der Waals surface area contributed by atoms with E-state index in [2.05, 4.69) is 18.7 Å². The van der Waals surface area contributed by atoms with Crippen molar-refractivity contribution in [2.75, 3.05) is 31.7 Å². The van der Waals surface area contributed by atoms with Gasteiger partial charge in [0.05, 0.1) is 25.0 Å². The zero-order chi connectivity index (χ0) is 22.7. The van der Waals surface area contributed by atoms with E-state index in [0.717, 1.165) is 43.7 Å². The van der Waals surface area contributed by atoms with E-state index >= 15 is 0 Å². The number of carbonyl (C=O) groups excluding carboxylic acids is 2. The van der Waals surface area contributed by atoms with Gasteiger partial charge in [-0.25, -0.2) is 4.90 Å². The highest BCUT2D eigenvalue weighted by Gasteiger charge is 2.43. The largest absolute Gasteiger partial charge is 0.497 e. The first-order valence-corrected chi connectivity index (χ1v) is 11.3. The van der Waals surface area contributed by atoms with Crippen LogP contribution in [0.5, 0.6) is 11.5 Å². The second-order valence-corrected chi connectivity index (χ2v) is 8.41. The molecule has 1 fully saturated rings. The van der Waals surface area contributed by atoms with Crippen LogP contribution in [0.2, 0.25) is 0 Å². The molecule has 2 aromatic rings. The summed E-state index contributed by atoms with van der Waals surface area (Å²) in [5.41, 5.74) is 2.24. The number of piperidine rings is 1. The molecule has 0 unspecified atom stereocenters. The zero-order valence-corrected chi connectivity index (χ0v) is 19.0. The number of carbonyl (C=O) groups is 2. The minimum Gasteiger partial charge on any atom is -0.497 e. The van der Waals surface area contributed by atoms with E-state index in [1.54, 1.807) is 31.4 Å². The lowest BCUT2D eigenvalue weighted by atomic mass is 9.97. The van der Waals surface area contributed by atoms with Crippen LogP contribution in [0.1, 0.15) is 38.7 Å². The summed E-state index contributed by atoms with van der Waals surface area (Å²) in [6, 6.07) is 14.5. The first-order chi connectivity index (χ1) is 15.5. The van der Waals surface area contributed by atoms with Gasteiger partial charge < -0.3 is 14.4 Å².